The minimum Gasteiger partial charge on any atom is -0.386 e. The van der Waals surface area contributed by atoms with Crippen LogP contribution in [0, 0.1) is 0 Å². The predicted molar refractivity (Wildman–Crippen MR) is 49.9 cm³/mol. The number of hydroxylamine groups is 2. The van der Waals surface area contributed by atoms with Gasteiger partial charge in [-0.15, -0.1) is 0 Å². The van der Waals surface area contributed by atoms with Crippen LogP contribution in [0.15, 0.2) is 0 Å². The molecule has 4 atom stereocenters. The summed E-state index contributed by atoms with van der Waals surface area (Å²) in [5, 5.41) is 20.5. The molecule has 14 heavy (non-hydrogen) atoms. The van der Waals surface area contributed by atoms with Crippen LogP contribution in [0.25, 0.3) is 0 Å². The lowest BCUT2D eigenvalue weighted by Crippen LogP contribution is -2.54. The predicted octanol–water partition coefficient (Wildman–Crippen LogP) is 0.208. The highest BCUT2D eigenvalue weighted by atomic mass is 16.7. The van der Waals surface area contributed by atoms with Crippen LogP contribution in [0.1, 0.15) is 20.3 Å². The number of aliphatic hydroxyl groups excluding tert-OH is 1. The second-order valence-corrected chi connectivity index (χ2v) is 3.60. The standard InChI is InChI=1S/C9H19NO4/c1-4-10(12)7-5-6(2)14-9(13-3)8(7)11/h6-9,11-12H,4-5H2,1-3H3. The van der Waals surface area contributed by atoms with Crippen molar-refractivity contribution in [2.45, 2.75) is 44.8 Å². The topological polar surface area (TPSA) is 62.2 Å². The molecule has 1 saturated heterocycles. The van der Waals surface area contributed by atoms with Crippen LogP contribution in [0.4, 0.5) is 0 Å². The summed E-state index contributed by atoms with van der Waals surface area (Å²) in [5.41, 5.74) is 0. The number of hydrogen-bond acceptors (Lipinski definition) is 5. The minimum atomic E-state index is -0.804. The first-order valence-electron chi connectivity index (χ1n) is 4.92. The lowest BCUT2D eigenvalue weighted by molar-refractivity contribution is -0.274. The van der Waals surface area contributed by atoms with Crippen LogP contribution >= 0.6 is 0 Å². The lowest BCUT2D eigenvalue weighted by atomic mass is 10.00. The molecular weight excluding hydrogens is 186 g/mol. The Hall–Kier alpha value is -0.200. The van der Waals surface area contributed by atoms with Crippen LogP contribution in [-0.4, -0.2) is 53.6 Å². The van der Waals surface area contributed by atoms with Gasteiger partial charge in [-0.2, -0.15) is 5.06 Å². The highest BCUT2D eigenvalue weighted by molar-refractivity contribution is 4.84. The first-order chi connectivity index (χ1) is 6.60. The summed E-state index contributed by atoms with van der Waals surface area (Å²) in [6.07, 6.45) is -0.869. The van der Waals surface area contributed by atoms with Crippen molar-refractivity contribution in [1.29, 1.82) is 0 Å². The van der Waals surface area contributed by atoms with Crippen molar-refractivity contribution >= 4 is 0 Å². The van der Waals surface area contributed by atoms with Gasteiger partial charge in [0.25, 0.3) is 0 Å². The third kappa shape index (κ3) is 2.43. The number of aliphatic hydroxyl groups is 1. The van der Waals surface area contributed by atoms with Gasteiger partial charge in [-0.05, 0) is 13.3 Å². The number of rotatable bonds is 3. The van der Waals surface area contributed by atoms with Crippen LogP contribution in [-0.2, 0) is 9.47 Å². The number of nitrogens with zero attached hydrogens (tertiary/aromatic N) is 1. The molecule has 0 amide bonds. The monoisotopic (exact) mass is 205 g/mol. The quantitative estimate of drug-likeness (QED) is 0.645. The molecular formula is C9H19NO4. The van der Waals surface area contributed by atoms with Gasteiger partial charge in [0.1, 0.15) is 6.10 Å². The molecule has 2 N–H and O–H groups in total. The van der Waals surface area contributed by atoms with E-state index in [0.29, 0.717) is 13.0 Å². The zero-order valence-corrected chi connectivity index (χ0v) is 8.88. The Morgan fingerprint density at radius 2 is 2.21 bits per heavy atom. The summed E-state index contributed by atoms with van der Waals surface area (Å²) in [5.74, 6) is 0. The molecule has 0 radical (unpaired) electrons. The van der Waals surface area contributed by atoms with E-state index in [-0.39, 0.29) is 12.1 Å². The molecule has 0 spiro atoms. The Morgan fingerprint density at radius 3 is 2.71 bits per heavy atom. The van der Waals surface area contributed by atoms with E-state index < -0.39 is 12.4 Å². The van der Waals surface area contributed by atoms with E-state index in [0.717, 1.165) is 5.06 Å². The van der Waals surface area contributed by atoms with Crippen LogP contribution in [0.5, 0.6) is 0 Å². The molecule has 4 unspecified atom stereocenters. The van der Waals surface area contributed by atoms with Crippen LogP contribution in [0.2, 0.25) is 0 Å². The van der Waals surface area contributed by atoms with Crippen molar-refractivity contribution in [2.24, 2.45) is 0 Å². The fraction of sp³-hybridized carbons (Fsp3) is 1.00. The van der Waals surface area contributed by atoms with E-state index in [4.69, 9.17) is 9.47 Å². The molecule has 0 bridgehead atoms. The van der Waals surface area contributed by atoms with Gasteiger partial charge in [-0.25, -0.2) is 0 Å². The van der Waals surface area contributed by atoms with Gasteiger partial charge in [-0.3, -0.25) is 0 Å². The van der Waals surface area contributed by atoms with Crippen molar-refractivity contribution in [3.05, 3.63) is 0 Å². The third-order valence-electron chi connectivity index (χ3n) is 2.55. The zero-order valence-electron chi connectivity index (χ0n) is 8.88. The fourth-order valence-electron chi connectivity index (χ4n) is 1.75. The Bertz CT molecular complexity index is 178. The summed E-state index contributed by atoms with van der Waals surface area (Å²) in [7, 11) is 1.48. The molecule has 1 rings (SSSR count). The Labute approximate surface area is 84.2 Å². The summed E-state index contributed by atoms with van der Waals surface area (Å²) in [6, 6.07) is -0.311. The number of hydrogen-bond donors (Lipinski definition) is 2. The van der Waals surface area contributed by atoms with E-state index in [1.807, 2.05) is 13.8 Å². The van der Waals surface area contributed by atoms with Gasteiger partial charge in [0, 0.05) is 13.7 Å². The second kappa shape index (κ2) is 5.04. The molecule has 5 heteroatoms. The van der Waals surface area contributed by atoms with E-state index >= 15 is 0 Å². The minimum absolute atomic E-state index is 0.0189. The lowest BCUT2D eigenvalue weighted by Gasteiger charge is -2.40. The smallest absolute Gasteiger partial charge is 0.185 e. The van der Waals surface area contributed by atoms with E-state index in [9.17, 15) is 10.3 Å². The van der Waals surface area contributed by atoms with Gasteiger partial charge < -0.3 is 19.8 Å². The zero-order chi connectivity index (χ0) is 10.7. The average Bonchev–Trinajstić information content (AvgIpc) is 2.19. The van der Waals surface area contributed by atoms with Gasteiger partial charge in [-0.1, -0.05) is 6.92 Å². The SMILES string of the molecule is CCN(O)C1CC(C)OC(OC)C1O. The Balaban J connectivity index is 2.64. The molecule has 1 heterocycles. The van der Waals surface area contributed by atoms with Gasteiger partial charge >= 0.3 is 0 Å². The highest BCUT2D eigenvalue weighted by Crippen LogP contribution is 2.23. The van der Waals surface area contributed by atoms with Gasteiger partial charge in [0.15, 0.2) is 6.29 Å². The van der Waals surface area contributed by atoms with Gasteiger partial charge in [0.2, 0.25) is 0 Å². The van der Waals surface area contributed by atoms with Crippen molar-refractivity contribution in [2.75, 3.05) is 13.7 Å². The van der Waals surface area contributed by atoms with E-state index in [1.54, 1.807) is 0 Å². The van der Waals surface area contributed by atoms with Crippen molar-refractivity contribution in [3.8, 4) is 0 Å². The summed E-state index contributed by atoms with van der Waals surface area (Å²) in [4.78, 5) is 0. The molecule has 1 aliphatic rings. The van der Waals surface area contributed by atoms with Gasteiger partial charge in [0.05, 0.1) is 12.1 Å². The molecule has 0 saturated carbocycles. The molecule has 1 aliphatic heterocycles. The largest absolute Gasteiger partial charge is 0.386 e. The molecule has 0 aromatic heterocycles. The molecule has 1 fully saturated rings. The van der Waals surface area contributed by atoms with Crippen molar-refractivity contribution < 1.29 is 19.8 Å². The first kappa shape index (κ1) is 11.9. The summed E-state index contributed by atoms with van der Waals surface area (Å²) in [6.45, 7) is 4.20. The number of ether oxygens (including phenoxy) is 2. The maximum Gasteiger partial charge on any atom is 0.185 e. The Kier molecular flexibility index (Phi) is 4.28. The van der Waals surface area contributed by atoms with Crippen molar-refractivity contribution in [1.82, 2.24) is 5.06 Å². The summed E-state index contributed by atoms with van der Waals surface area (Å²) < 4.78 is 10.4. The molecule has 0 aromatic rings. The van der Waals surface area contributed by atoms with Crippen LogP contribution < -0.4 is 0 Å². The third-order valence-corrected chi connectivity index (χ3v) is 2.55. The average molecular weight is 205 g/mol. The van der Waals surface area contributed by atoms with E-state index in [2.05, 4.69) is 0 Å². The molecule has 5 nitrogen and oxygen atoms in total. The maximum atomic E-state index is 9.80. The maximum absolute atomic E-state index is 9.80. The highest BCUT2D eigenvalue weighted by Gasteiger charge is 2.38. The summed E-state index contributed by atoms with van der Waals surface area (Å²) >= 11 is 0. The molecule has 84 valence electrons. The fourth-order valence-corrected chi connectivity index (χ4v) is 1.75. The normalized spacial score (nSPS) is 39.0. The second-order valence-electron chi connectivity index (χ2n) is 3.60. The number of methoxy groups -OCH3 is 1. The van der Waals surface area contributed by atoms with Crippen molar-refractivity contribution in [3.63, 3.8) is 0 Å². The number of likely N-dealkylation sites (N-methyl/N-ethyl adjacent to an activating group) is 1. The van der Waals surface area contributed by atoms with E-state index in [1.165, 1.54) is 7.11 Å². The molecule has 0 aliphatic carbocycles. The Morgan fingerprint density at radius 1 is 1.57 bits per heavy atom. The molecule has 0 aromatic carbocycles. The first-order valence-corrected chi connectivity index (χ1v) is 4.92. The van der Waals surface area contributed by atoms with Crippen LogP contribution in [0.3, 0.4) is 0 Å².